The molecule has 1 aromatic heterocycles. The van der Waals surface area contributed by atoms with Crippen molar-refractivity contribution in [2.24, 2.45) is 0 Å². The highest BCUT2D eigenvalue weighted by Crippen LogP contribution is 2.29. The van der Waals surface area contributed by atoms with Crippen LogP contribution in [0.5, 0.6) is 5.75 Å². The van der Waals surface area contributed by atoms with Gasteiger partial charge in [0.15, 0.2) is 11.9 Å². The first-order chi connectivity index (χ1) is 10.2. The van der Waals surface area contributed by atoms with Crippen LogP contribution in [0, 0.1) is 0 Å². The Bertz CT molecular complexity index is 655. The lowest BCUT2D eigenvalue weighted by atomic mass is 9.88. The summed E-state index contributed by atoms with van der Waals surface area (Å²) in [5, 5.41) is 12.5. The quantitative estimate of drug-likeness (QED) is 0.845. The molecule has 0 fully saturated rings. The van der Waals surface area contributed by atoms with Gasteiger partial charge in [0.25, 0.3) is 5.91 Å². The molecule has 0 unspecified atom stereocenters. The summed E-state index contributed by atoms with van der Waals surface area (Å²) in [5.74, 6) is 0.126. The van der Waals surface area contributed by atoms with E-state index in [0.717, 1.165) is 19.3 Å². The first-order valence-corrected chi connectivity index (χ1v) is 7.27. The summed E-state index contributed by atoms with van der Waals surface area (Å²) in [7, 11) is 0. The van der Waals surface area contributed by atoms with Crippen LogP contribution in [0.15, 0.2) is 48.8 Å². The fourth-order valence-electron chi connectivity index (χ4n) is 2.92. The smallest absolute Gasteiger partial charge is 0.286 e. The molecule has 0 aliphatic heterocycles. The topological polar surface area (TPSA) is 53.2 Å². The summed E-state index contributed by atoms with van der Waals surface area (Å²) in [5.41, 5.74) is 2.57. The van der Waals surface area contributed by atoms with Crippen molar-refractivity contribution in [3.05, 3.63) is 59.9 Å². The van der Waals surface area contributed by atoms with Crippen molar-refractivity contribution in [1.82, 2.24) is 5.32 Å². The zero-order valence-electron chi connectivity index (χ0n) is 11.8. The van der Waals surface area contributed by atoms with Crippen molar-refractivity contribution < 1.29 is 14.5 Å². The lowest BCUT2D eigenvalue weighted by molar-refractivity contribution is -0.684. The van der Waals surface area contributed by atoms with Gasteiger partial charge in [0.2, 0.25) is 12.7 Å². The van der Waals surface area contributed by atoms with Gasteiger partial charge in [-0.1, -0.05) is 24.3 Å². The second kappa shape index (κ2) is 5.95. The molecule has 1 aliphatic rings. The van der Waals surface area contributed by atoms with Crippen LogP contribution in [0.2, 0.25) is 0 Å². The van der Waals surface area contributed by atoms with Gasteiger partial charge >= 0.3 is 0 Å². The van der Waals surface area contributed by atoms with Gasteiger partial charge in [0.1, 0.15) is 0 Å². The van der Waals surface area contributed by atoms with Crippen LogP contribution in [0.1, 0.15) is 30.0 Å². The average molecular weight is 283 g/mol. The molecule has 21 heavy (non-hydrogen) atoms. The molecule has 2 aromatic rings. The summed E-state index contributed by atoms with van der Waals surface area (Å²) < 4.78 is 1.68. The van der Waals surface area contributed by atoms with E-state index < -0.39 is 0 Å². The van der Waals surface area contributed by atoms with Gasteiger partial charge in [0.05, 0.1) is 6.04 Å². The van der Waals surface area contributed by atoms with Crippen molar-refractivity contribution in [1.29, 1.82) is 0 Å². The number of rotatable bonds is 3. The molecule has 0 bridgehead atoms. The van der Waals surface area contributed by atoms with E-state index in [2.05, 4.69) is 17.4 Å². The van der Waals surface area contributed by atoms with Crippen molar-refractivity contribution in [2.75, 3.05) is 0 Å². The zero-order valence-corrected chi connectivity index (χ0v) is 11.8. The third kappa shape index (κ3) is 3.21. The molecule has 1 heterocycles. The molecule has 1 atom stereocenters. The van der Waals surface area contributed by atoms with Crippen LogP contribution in [0.25, 0.3) is 0 Å². The molecule has 4 heteroatoms. The van der Waals surface area contributed by atoms with E-state index in [0.29, 0.717) is 0 Å². The maximum Gasteiger partial charge on any atom is 0.286 e. The Morgan fingerprint density at radius 1 is 1.29 bits per heavy atom. The van der Waals surface area contributed by atoms with Crippen LogP contribution in [0.3, 0.4) is 0 Å². The minimum Gasteiger partial charge on any atom is -0.503 e. The first-order valence-electron chi connectivity index (χ1n) is 7.27. The molecule has 0 spiro atoms. The lowest BCUT2D eigenvalue weighted by Crippen LogP contribution is -2.43. The molecule has 0 saturated carbocycles. The molecule has 0 radical (unpaired) electrons. The van der Waals surface area contributed by atoms with E-state index in [4.69, 9.17) is 0 Å². The van der Waals surface area contributed by atoms with Crippen molar-refractivity contribution in [2.45, 2.75) is 31.8 Å². The second-order valence-electron chi connectivity index (χ2n) is 5.45. The molecule has 0 saturated heterocycles. The van der Waals surface area contributed by atoms with E-state index in [1.54, 1.807) is 29.1 Å². The Labute approximate surface area is 124 Å². The number of fused-ring (bicyclic) bond motifs is 1. The molecule has 3 rings (SSSR count). The monoisotopic (exact) mass is 283 g/mol. The molecule has 1 aromatic carbocycles. The maximum atomic E-state index is 12.2. The predicted octanol–water partition coefficient (Wildman–Crippen LogP) is 1.87. The highest BCUT2D eigenvalue weighted by atomic mass is 16.3. The Kier molecular flexibility index (Phi) is 3.86. The summed E-state index contributed by atoms with van der Waals surface area (Å²) >= 11 is 0. The molecular weight excluding hydrogens is 264 g/mol. The van der Waals surface area contributed by atoms with Gasteiger partial charge in [0, 0.05) is 6.07 Å². The molecule has 4 nitrogen and oxygen atoms in total. The molecule has 1 aliphatic carbocycles. The van der Waals surface area contributed by atoms with Gasteiger partial charge in [-0.3, -0.25) is 4.79 Å². The fraction of sp³-hybridized carbons (Fsp3) is 0.294. The van der Waals surface area contributed by atoms with E-state index in [1.807, 2.05) is 12.1 Å². The number of carbonyl (C=O) groups is 1. The third-order valence-corrected chi connectivity index (χ3v) is 3.87. The SMILES string of the molecule is O=C(C[n+]1cccc(O)c1)N[C@@H]1CCCc2ccccc21. The number of aromatic nitrogens is 1. The number of aryl methyl sites for hydroxylation is 1. The summed E-state index contributed by atoms with van der Waals surface area (Å²) in [4.78, 5) is 12.2. The number of nitrogens with zero attached hydrogens (tertiary/aromatic N) is 1. The van der Waals surface area contributed by atoms with Crippen molar-refractivity contribution in [3.8, 4) is 5.75 Å². The van der Waals surface area contributed by atoms with Gasteiger partial charge < -0.3 is 10.4 Å². The largest absolute Gasteiger partial charge is 0.503 e. The first kappa shape index (κ1) is 13.6. The van der Waals surface area contributed by atoms with Crippen molar-refractivity contribution >= 4 is 5.91 Å². The van der Waals surface area contributed by atoms with Crippen LogP contribution in [0.4, 0.5) is 0 Å². The number of benzene rings is 1. The normalized spacial score (nSPS) is 17.0. The second-order valence-corrected chi connectivity index (χ2v) is 5.45. The van der Waals surface area contributed by atoms with Gasteiger partial charge in [-0.05, 0) is 36.5 Å². The Morgan fingerprint density at radius 3 is 3.00 bits per heavy atom. The molecule has 108 valence electrons. The number of aromatic hydroxyl groups is 1. The van der Waals surface area contributed by atoms with E-state index >= 15 is 0 Å². The maximum absolute atomic E-state index is 12.2. The average Bonchev–Trinajstić information content (AvgIpc) is 2.47. The van der Waals surface area contributed by atoms with Crippen molar-refractivity contribution in [3.63, 3.8) is 0 Å². The fourth-order valence-corrected chi connectivity index (χ4v) is 2.92. The van der Waals surface area contributed by atoms with Crippen LogP contribution in [-0.4, -0.2) is 11.0 Å². The van der Waals surface area contributed by atoms with E-state index in [1.165, 1.54) is 11.1 Å². The van der Waals surface area contributed by atoms with Gasteiger partial charge in [-0.2, -0.15) is 4.57 Å². The molecule has 1 amide bonds. The minimum atomic E-state index is -0.0349. The number of hydrogen-bond acceptors (Lipinski definition) is 2. The summed E-state index contributed by atoms with van der Waals surface area (Å²) in [6, 6.07) is 11.7. The van der Waals surface area contributed by atoms with Crippen LogP contribution < -0.4 is 9.88 Å². The van der Waals surface area contributed by atoms with E-state index in [9.17, 15) is 9.90 Å². The van der Waals surface area contributed by atoms with Crippen LogP contribution >= 0.6 is 0 Å². The number of hydrogen-bond donors (Lipinski definition) is 2. The molecule has 2 N–H and O–H groups in total. The Balaban J connectivity index is 1.68. The number of pyridine rings is 1. The number of carbonyl (C=O) groups excluding carboxylic acids is 1. The Hall–Kier alpha value is -2.36. The van der Waals surface area contributed by atoms with Crippen LogP contribution in [-0.2, 0) is 17.8 Å². The molecular formula is C17H19N2O2+. The lowest BCUT2D eigenvalue weighted by Gasteiger charge is -2.25. The van der Waals surface area contributed by atoms with E-state index in [-0.39, 0.29) is 24.2 Å². The number of nitrogens with one attached hydrogen (secondary N) is 1. The highest BCUT2D eigenvalue weighted by Gasteiger charge is 2.22. The predicted molar refractivity (Wildman–Crippen MR) is 78.6 cm³/mol. The van der Waals surface area contributed by atoms with Gasteiger partial charge in [-0.15, -0.1) is 0 Å². The standard InChI is InChI=1S/C17H18N2O2/c20-14-7-4-10-19(11-14)12-17(21)18-16-9-3-6-13-5-1-2-8-15(13)16/h1-2,4-5,7-8,10-11,16H,3,6,9,12H2,(H-,18,20,21)/p+1/t16-/m1/s1. The van der Waals surface area contributed by atoms with Gasteiger partial charge in [-0.25, -0.2) is 0 Å². The number of amides is 1. The third-order valence-electron chi connectivity index (χ3n) is 3.87. The minimum absolute atomic E-state index is 0.0349. The highest BCUT2D eigenvalue weighted by molar-refractivity contribution is 5.75. The summed E-state index contributed by atoms with van der Waals surface area (Å²) in [6.07, 6.45) is 6.49. The summed E-state index contributed by atoms with van der Waals surface area (Å²) in [6.45, 7) is 0.215. The Morgan fingerprint density at radius 2 is 2.14 bits per heavy atom. The zero-order chi connectivity index (χ0) is 14.7.